The maximum absolute atomic E-state index is 8.51. The van der Waals surface area contributed by atoms with Gasteiger partial charge in [0.2, 0.25) is 0 Å². The van der Waals surface area contributed by atoms with Crippen molar-refractivity contribution in [1.29, 1.82) is 5.26 Å². The van der Waals surface area contributed by atoms with Gasteiger partial charge < -0.3 is 19.5 Å². The van der Waals surface area contributed by atoms with E-state index in [4.69, 9.17) is 19.5 Å². The third-order valence-electron chi connectivity index (χ3n) is 2.76. The van der Waals surface area contributed by atoms with Crippen molar-refractivity contribution in [3.05, 3.63) is 23.8 Å². The van der Waals surface area contributed by atoms with Crippen LogP contribution in [0, 0.1) is 11.3 Å². The van der Waals surface area contributed by atoms with Gasteiger partial charge in [-0.15, -0.1) is 0 Å². The Morgan fingerprint density at radius 1 is 1.25 bits per heavy atom. The Labute approximate surface area is 120 Å². The van der Waals surface area contributed by atoms with Crippen molar-refractivity contribution in [3.63, 3.8) is 0 Å². The van der Waals surface area contributed by atoms with E-state index in [1.165, 1.54) is 0 Å². The van der Waals surface area contributed by atoms with Crippen molar-refractivity contribution < 1.29 is 14.2 Å². The lowest BCUT2D eigenvalue weighted by atomic mass is 10.2. The molecule has 0 amide bonds. The molecule has 0 fully saturated rings. The Morgan fingerprint density at radius 2 is 2.10 bits per heavy atom. The van der Waals surface area contributed by atoms with E-state index in [2.05, 4.69) is 11.4 Å². The number of hydrogen-bond acceptors (Lipinski definition) is 5. The molecule has 1 rings (SSSR count). The van der Waals surface area contributed by atoms with Crippen LogP contribution in [-0.4, -0.2) is 34.0 Å². The molecule has 5 nitrogen and oxygen atoms in total. The van der Waals surface area contributed by atoms with Crippen molar-refractivity contribution in [2.45, 2.75) is 19.4 Å². The maximum Gasteiger partial charge on any atom is 0.124 e. The smallest absolute Gasteiger partial charge is 0.124 e. The molecule has 0 heterocycles. The highest BCUT2D eigenvalue weighted by molar-refractivity contribution is 5.40. The van der Waals surface area contributed by atoms with Crippen LogP contribution >= 0.6 is 0 Å². The van der Waals surface area contributed by atoms with Crippen molar-refractivity contribution in [1.82, 2.24) is 5.32 Å². The second kappa shape index (κ2) is 10.1. The molecule has 0 aromatic heterocycles. The number of hydrogen-bond donors (Lipinski definition) is 1. The zero-order chi connectivity index (χ0) is 14.6. The molecule has 0 bridgehead atoms. The Hall–Kier alpha value is -1.77. The summed E-state index contributed by atoms with van der Waals surface area (Å²) in [5.41, 5.74) is 1.04. The molecule has 0 radical (unpaired) electrons. The number of methoxy groups -OCH3 is 2. The minimum Gasteiger partial charge on any atom is -0.497 e. The first-order chi connectivity index (χ1) is 9.81. The van der Waals surface area contributed by atoms with Crippen LogP contribution in [0.2, 0.25) is 0 Å². The molecular weight excluding hydrogens is 256 g/mol. The summed E-state index contributed by atoms with van der Waals surface area (Å²) in [4.78, 5) is 0. The van der Waals surface area contributed by atoms with E-state index in [-0.39, 0.29) is 0 Å². The highest BCUT2D eigenvalue weighted by atomic mass is 16.5. The average molecular weight is 278 g/mol. The van der Waals surface area contributed by atoms with E-state index < -0.39 is 0 Å². The van der Waals surface area contributed by atoms with Crippen LogP contribution in [0.5, 0.6) is 11.5 Å². The summed E-state index contributed by atoms with van der Waals surface area (Å²) in [5.74, 6) is 1.63. The lowest BCUT2D eigenvalue weighted by Crippen LogP contribution is -2.19. The molecule has 0 saturated carbocycles. The predicted octanol–water partition coefficient (Wildman–Crippen LogP) is 2.11. The van der Waals surface area contributed by atoms with Crippen LogP contribution in [0.25, 0.3) is 0 Å². The van der Waals surface area contributed by atoms with Gasteiger partial charge in [0.25, 0.3) is 0 Å². The molecule has 0 aliphatic heterocycles. The summed E-state index contributed by atoms with van der Waals surface area (Å²) >= 11 is 0. The Bertz CT molecular complexity index is 430. The average Bonchev–Trinajstić information content (AvgIpc) is 2.49. The van der Waals surface area contributed by atoms with Gasteiger partial charge in [0.05, 0.1) is 26.4 Å². The molecule has 0 unspecified atom stereocenters. The monoisotopic (exact) mass is 278 g/mol. The summed E-state index contributed by atoms with van der Waals surface area (Å²) in [7, 11) is 3.32. The van der Waals surface area contributed by atoms with Crippen molar-refractivity contribution in [3.8, 4) is 17.6 Å². The first-order valence-electron chi connectivity index (χ1n) is 6.68. The van der Waals surface area contributed by atoms with E-state index in [1.54, 1.807) is 14.2 Å². The van der Waals surface area contributed by atoms with Gasteiger partial charge in [-0.2, -0.15) is 5.26 Å². The molecular formula is C15H22N2O3. The molecule has 1 aromatic carbocycles. The quantitative estimate of drug-likeness (QED) is 0.664. The molecule has 20 heavy (non-hydrogen) atoms. The van der Waals surface area contributed by atoms with E-state index in [9.17, 15) is 0 Å². The van der Waals surface area contributed by atoms with Gasteiger partial charge in [-0.1, -0.05) is 0 Å². The number of benzene rings is 1. The van der Waals surface area contributed by atoms with Gasteiger partial charge >= 0.3 is 0 Å². The fourth-order valence-electron chi connectivity index (χ4n) is 1.69. The fourth-order valence-corrected chi connectivity index (χ4v) is 1.69. The molecule has 0 saturated heterocycles. The zero-order valence-electron chi connectivity index (χ0n) is 12.1. The highest BCUT2D eigenvalue weighted by Gasteiger charge is 2.05. The van der Waals surface area contributed by atoms with Crippen LogP contribution < -0.4 is 14.8 Å². The second-order valence-electron chi connectivity index (χ2n) is 4.25. The molecule has 0 spiro atoms. The van der Waals surface area contributed by atoms with Gasteiger partial charge in [-0.25, -0.2) is 0 Å². The van der Waals surface area contributed by atoms with E-state index >= 15 is 0 Å². The number of nitrogens with zero attached hydrogens (tertiary/aromatic N) is 1. The summed E-state index contributed by atoms with van der Waals surface area (Å²) < 4.78 is 15.9. The predicted molar refractivity (Wildman–Crippen MR) is 76.9 cm³/mol. The van der Waals surface area contributed by atoms with E-state index in [0.29, 0.717) is 26.2 Å². The zero-order valence-corrected chi connectivity index (χ0v) is 12.1. The summed E-state index contributed by atoms with van der Waals surface area (Å²) in [6.45, 7) is 2.68. The van der Waals surface area contributed by atoms with Gasteiger partial charge in [0.15, 0.2) is 0 Å². The van der Waals surface area contributed by atoms with Crippen LogP contribution in [0.3, 0.4) is 0 Å². The Morgan fingerprint density at radius 3 is 2.80 bits per heavy atom. The number of nitrogens with one attached hydrogen (secondary N) is 1. The van der Waals surface area contributed by atoms with Crippen LogP contribution in [0.1, 0.15) is 18.4 Å². The highest BCUT2D eigenvalue weighted by Crippen LogP contribution is 2.24. The minimum atomic E-state index is 0.511. The van der Waals surface area contributed by atoms with Crippen molar-refractivity contribution in [2.24, 2.45) is 0 Å². The summed E-state index contributed by atoms with van der Waals surface area (Å²) in [6, 6.07) is 7.84. The van der Waals surface area contributed by atoms with Gasteiger partial charge in [0, 0.05) is 32.2 Å². The maximum atomic E-state index is 8.51. The summed E-state index contributed by atoms with van der Waals surface area (Å²) in [6.07, 6.45) is 1.25. The van der Waals surface area contributed by atoms with Crippen molar-refractivity contribution >= 4 is 0 Å². The minimum absolute atomic E-state index is 0.511. The summed E-state index contributed by atoms with van der Waals surface area (Å²) in [5, 5.41) is 11.8. The third-order valence-corrected chi connectivity index (χ3v) is 2.76. The Balaban J connectivity index is 2.58. The first-order valence-corrected chi connectivity index (χ1v) is 6.68. The largest absolute Gasteiger partial charge is 0.497 e. The molecule has 0 aliphatic carbocycles. The SMILES string of the molecule is COCCNCc1cc(OC)ccc1OCCCC#N. The normalized spacial score (nSPS) is 10.1. The van der Waals surface area contributed by atoms with Gasteiger partial charge in [-0.05, 0) is 24.6 Å². The lowest BCUT2D eigenvalue weighted by molar-refractivity contribution is 0.199. The van der Waals surface area contributed by atoms with Crippen molar-refractivity contribution in [2.75, 3.05) is 34.0 Å². The molecule has 1 N–H and O–H groups in total. The van der Waals surface area contributed by atoms with Gasteiger partial charge in [0.1, 0.15) is 11.5 Å². The van der Waals surface area contributed by atoms with Gasteiger partial charge in [-0.3, -0.25) is 0 Å². The topological polar surface area (TPSA) is 63.5 Å². The standard InChI is InChI=1S/C15H22N2O3/c1-18-10-8-17-12-13-11-14(19-2)5-6-15(13)20-9-4-3-7-16/h5-6,11,17H,3-4,8-10,12H2,1-2H3. The molecule has 110 valence electrons. The van der Waals surface area contributed by atoms with Crippen LogP contribution in [-0.2, 0) is 11.3 Å². The third kappa shape index (κ3) is 5.91. The fraction of sp³-hybridized carbons (Fsp3) is 0.533. The van der Waals surface area contributed by atoms with Crippen LogP contribution in [0.4, 0.5) is 0 Å². The molecule has 1 aromatic rings. The Kier molecular flexibility index (Phi) is 8.20. The number of nitriles is 1. The number of ether oxygens (including phenoxy) is 3. The second-order valence-corrected chi connectivity index (χ2v) is 4.25. The lowest BCUT2D eigenvalue weighted by Gasteiger charge is -2.13. The molecule has 5 heteroatoms. The molecule has 0 aliphatic rings. The van der Waals surface area contributed by atoms with E-state index in [0.717, 1.165) is 30.0 Å². The molecule has 0 atom stereocenters. The number of rotatable bonds is 10. The van der Waals surface area contributed by atoms with E-state index in [1.807, 2.05) is 18.2 Å². The number of unbranched alkanes of at least 4 members (excludes halogenated alkanes) is 1. The van der Waals surface area contributed by atoms with Crippen LogP contribution in [0.15, 0.2) is 18.2 Å². The first kappa shape index (κ1) is 16.3.